The van der Waals surface area contributed by atoms with Gasteiger partial charge >= 0.3 is 0 Å². The number of nitrogens with two attached hydrogens (primary N) is 1. The molecule has 19 heavy (non-hydrogen) atoms. The highest BCUT2D eigenvalue weighted by molar-refractivity contribution is 9.10. The minimum absolute atomic E-state index is 0.0317. The lowest BCUT2D eigenvalue weighted by Gasteiger charge is -2.33. The van der Waals surface area contributed by atoms with Gasteiger partial charge in [-0.2, -0.15) is 0 Å². The first kappa shape index (κ1) is 14.0. The molecule has 0 radical (unpaired) electrons. The number of benzene rings is 1. The molecule has 2 rings (SSSR count). The van der Waals surface area contributed by atoms with E-state index in [-0.39, 0.29) is 11.6 Å². The molecular weight excluding hydrogens is 308 g/mol. The summed E-state index contributed by atoms with van der Waals surface area (Å²) in [4.78, 5) is 10.9. The molecule has 0 fully saturated rings. The van der Waals surface area contributed by atoms with Crippen molar-refractivity contribution in [1.82, 2.24) is 0 Å². The van der Waals surface area contributed by atoms with Crippen molar-refractivity contribution >= 4 is 15.9 Å². The molecule has 4 nitrogen and oxygen atoms in total. The summed E-state index contributed by atoms with van der Waals surface area (Å²) in [5.41, 5.74) is 7.11. The van der Waals surface area contributed by atoms with E-state index in [0.29, 0.717) is 0 Å². The molecule has 2 unspecified atom stereocenters. The topological polar surface area (TPSA) is 69.2 Å². The highest BCUT2D eigenvalue weighted by atomic mass is 79.9. The summed E-state index contributed by atoms with van der Waals surface area (Å²) in [6.07, 6.45) is 5.07. The minimum atomic E-state index is -1.09. The van der Waals surface area contributed by atoms with Crippen molar-refractivity contribution in [3.63, 3.8) is 0 Å². The van der Waals surface area contributed by atoms with E-state index in [1.165, 1.54) is 6.08 Å². The summed E-state index contributed by atoms with van der Waals surface area (Å²) in [7, 11) is 0. The molecule has 1 aliphatic rings. The fourth-order valence-electron chi connectivity index (χ4n) is 2.36. The van der Waals surface area contributed by atoms with Gasteiger partial charge in [0.2, 0.25) is 0 Å². The first-order valence-corrected chi connectivity index (χ1v) is 6.75. The van der Waals surface area contributed by atoms with E-state index < -0.39 is 10.5 Å². The largest absolute Gasteiger partial charge is 0.312 e. The average Bonchev–Trinajstić information content (AvgIpc) is 2.35. The van der Waals surface area contributed by atoms with Gasteiger partial charge in [0.25, 0.3) is 5.70 Å². The zero-order valence-corrected chi connectivity index (χ0v) is 12.3. The molecule has 0 amide bonds. The summed E-state index contributed by atoms with van der Waals surface area (Å²) in [6, 6.07) is 5.61. The smallest absolute Gasteiger partial charge is 0.271 e. The SMILES string of the molecule is Cc1cc(C2(N)C([N+](=O)[O-])=CC=CC2C)ccc1Br. The number of nitro groups is 1. The average molecular weight is 323 g/mol. The molecule has 0 bridgehead atoms. The number of allylic oxidation sites excluding steroid dienone is 2. The van der Waals surface area contributed by atoms with E-state index in [1.54, 1.807) is 6.08 Å². The Morgan fingerprint density at radius 3 is 2.74 bits per heavy atom. The Kier molecular flexibility index (Phi) is 3.60. The van der Waals surface area contributed by atoms with Gasteiger partial charge in [-0.05, 0) is 24.1 Å². The van der Waals surface area contributed by atoms with Crippen LogP contribution in [0.15, 0.2) is 46.6 Å². The van der Waals surface area contributed by atoms with Gasteiger partial charge in [-0.1, -0.05) is 47.1 Å². The maximum absolute atomic E-state index is 11.3. The van der Waals surface area contributed by atoms with Gasteiger partial charge in [0.15, 0.2) is 0 Å². The Balaban J connectivity index is 2.61. The zero-order valence-electron chi connectivity index (χ0n) is 10.8. The Morgan fingerprint density at radius 2 is 2.16 bits per heavy atom. The molecule has 0 aliphatic heterocycles. The molecule has 0 saturated heterocycles. The van der Waals surface area contributed by atoms with Crippen LogP contribution in [0.2, 0.25) is 0 Å². The number of hydrogen-bond donors (Lipinski definition) is 1. The summed E-state index contributed by atoms with van der Waals surface area (Å²) < 4.78 is 0.963. The maximum Gasteiger partial charge on any atom is 0.271 e. The number of nitrogens with zero attached hydrogens (tertiary/aromatic N) is 1. The van der Waals surface area contributed by atoms with Gasteiger partial charge in [-0.15, -0.1) is 0 Å². The van der Waals surface area contributed by atoms with Crippen molar-refractivity contribution < 1.29 is 4.92 Å². The van der Waals surface area contributed by atoms with E-state index in [2.05, 4.69) is 15.9 Å². The third kappa shape index (κ3) is 2.24. The van der Waals surface area contributed by atoms with Crippen LogP contribution in [0.1, 0.15) is 18.1 Å². The van der Waals surface area contributed by atoms with Crippen molar-refractivity contribution in [2.75, 3.05) is 0 Å². The van der Waals surface area contributed by atoms with E-state index >= 15 is 0 Å². The number of rotatable bonds is 2. The molecule has 0 saturated carbocycles. The second-order valence-electron chi connectivity index (χ2n) is 4.82. The van der Waals surface area contributed by atoms with Crippen molar-refractivity contribution in [3.8, 4) is 0 Å². The van der Waals surface area contributed by atoms with E-state index in [4.69, 9.17) is 5.73 Å². The van der Waals surface area contributed by atoms with Crippen molar-refractivity contribution in [3.05, 3.63) is 67.8 Å². The van der Waals surface area contributed by atoms with E-state index in [1.807, 2.05) is 38.1 Å². The summed E-state index contributed by atoms with van der Waals surface area (Å²) in [6.45, 7) is 3.83. The Hall–Kier alpha value is -1.46. The minimum Gasteiger partial charge on any atom is -0.312 e. The molecular formula is C14H15BrN2O2. The third-order valence-electron chi connectivity index (χ3n) is 3.63. The predicted molar refractivity (Wildman–Crippen MR) is 78.1 cm³/mol. The summed E-state index contributed by atoms with van der Waals surface area (Å²) in [5.74, 6) is -0.140. The van der Waals surface area contributed by atoms with Crippen LogP contribution in [0.3, 0.4) is 0 Å². The molecule has 1 aliphatic carbocycles. The summed E-state index contributed by atoms with van der Waals surface area (Å²) >= 11 is 3.43. The standard InChI is InChI=1S/C14H15BrN2O2/c1-9-8-11(6-7-12(9)15)14(16)10(2)4-3-5-13(14)17(18)19/h3-8,10H,16H2,1-2H3. The molecule has 1 aromatic carbocycles. The lowest BCUT2D eigenvalue weighted by atomic mass is 9.74. The van der Waals surface area contributed by atoms with Crippen LogP contribution in [0.25, 0.3) is 0 Å². The van der Waals surface area contributed by atoms with Gasteiger partial charge in [0.1, 0.15) is 5.54 Å². The van der Waals surface area contributed by atoms with Crippen LogP contribution in [-0.4, -0.2) is 4.92 Å². The lowest BCUT2D eigenvalue weighted by Crippen LogP contribution is -2.47. The van der Waals surface area contributed by atoms with Crippen molar-refractivity contribution in [2.45, 2.75) is 19.4 Å². The Morgan fingerprint density at radius 1 is 1.47 bits per heavy atom. The zero-order chi connectivity index (χ0) is 14.2. The highest BCUT2D eigenvalue weighted by Crippen LogP contribution is 2.38. The van der Waals surface area contributed by atoms with Gasteiger partial charge in [0, 0.05) is 16.5 Å². The molecule has 0 spiro atoms. The number of hydrogen-bond acceptors (Lipinski definition) is 3. The van der Waals surface area contributed by atoms with Crippen LogP contribution >= 0.6 is 15.9 Å². The molecule has 2 N–H and O–H groups in total. The first-order chi connectivity index (χ1) is 8.87. The van der Waals surface area contributed by atoms with Crippen LogP contribution < -0.4 is 5.73 Å². The van der Waals surface area contributed by atoms with Crippen molar-refractivity contribution in [1.29, 1.82) is 0 Å². The molecule has 2 atom stereocenters. The Labute approximate surface area is 120 Å². The number of aryl methyl sites for hydroxylation is 1. The van der Waals surface area contributed by atoms with Gasteiger partial charge < -0.3 is 5.73 Å². The lowest BCUT2D eigenvalue weighted by molar-refractivity contribution is -0.437. The predicted octanol–water partition coefficient (Wildman–Crippen LogP) is 3.28. The highest BCUT2D eigenvalue weighted by Gasteiger charge is 2.45. The second kappa shape index (κ2) is 4.90. The quantitative estimate of drug-likeness (QED) is 0.671. The monoisotopic (exact) mass is 322 g/mol. The molecule has 1 aromatic rings. The van der Waals surface area contributed by atoms with Crippen molar-refractivity contribution in [2.24, 2.45) is 11.7 Å². The normalized spacial score (nSPS) is 26.1. The first-order valence-electron chi connectivity index (χ1n) is 5.96. The van der Waals surface area contributed by atoms with Crippen LogP contribution in [0.4, 0.5) is 0 Å². The fraction of sp³-hybridized carbons (Fsp3) is 0.286. The van der Waals surface area contributed by atoms with Gasteiger partial charge in [0.05, 0.1) is 4.92 Å². The Bertz CT molecular complexity index is 595. The van der Waals surface area contributed by atoms with Gasteiger partial charge in [-0.3, -0.25) is 10.1 Å². The van der Waals surface area contributed by atoms with Gasteiger partial charge in [-0.25, -0.2) is 0 Å². The summed E-state index contributed by atoms with van der Waals surface area (Å²) in [5, 5.41) is 11.3. The van der Waals surface area contributed by atoms with Crippen LogP contribution in [0, 0.1) is 23.0 Å². The van der Waals surface area contributed by atoms with E-state index in [0.717, 1.165) is 15.6 Å². The molecule has 0 heterocycles. The van der Waals surface area contributed by atoms with Crippen LogP contribution in [0.5, 0.6) is 0 Å². The fourth-order valence-corrected chi connectivity index (χ4v) is 2.61. The molecule has 0 aromatic heterocycles. The third-order valence-corrected chi connectivity index (χ3v) is 4.52. The number of halogens is 1. The second-order valence-corrected chi connectivity index (χ2v) is 5.67. The maximum atomic E-state index is 11.3. The molecule has 100 valence electrons. The molecule has 5 heteroatoms. The van der Waals surface area contributed by atoms with Crippen LogP contribution in [-0.2, 0) is 5.54 Å². The van der Waals surface area contributed by atoms with E-state index in [9.17, 15) is 10.1 Å².